The van der Waals surface area contributed by atoms with Crippen molar-refractivity contribution >= 4 is 0 Å². The van der Waals surface area contributed by atoms with Crippen LogP contribution >= 0.6 is 0 Å². The fourth-order valence-electron chi connectivity index (χ4n) is 1.36. The summed E-state index contributed by atoms with van der Waals surface area (Å²) in [6.45, 7) is 1.78. The normalized spacial score (nSPS) is 10.1. The Balaban J connectivity index is 2.53. The summed E-state index contributed by atoms with van der Waals surface area (Å²) in [5, 5.41) is 0. The zero-order valence-electron chi connectivity index (χ0n) is 7.87. The summed E-state index contributed by atoms with van der Waals surface area (Å²) in [6, 6.07) is 10.9. The molecule has 0 aliphatic heterocycles. The maximum atomic E-state index is 13.5. The van der Waals surface area contributed by atoms with Gasteiger partial charge in [-0.05, 0) is 18.6 Å². The average Bonchev–Trinajstić information content (AvgIpc) is 2.19. The van der Waals surface area contributed by atoms with E-state index in [0.29, 0.717) is 11.3 Å². The van der Waals surface area contributed by atoms with Crippen molar-refractivity contribution in [2.24, 2.45) is 0 Å². The molecule has 2 heteroatoms. The molecule has 0 unspecified atom stereocenters. The molecular weight excluding hydrogens is 177 g/mol. The number of nitrogens with zero attached hydrogens (tertiary/aromatic N) is 1. The van der Waals surface area contributed by atoms with Crippen LogP contribution in [0.15, 0.2) is 42.6 Å². The Labute approximate surface area is 82.2 Å². The molecule has 0 N–H and O–H groups in total. The van der Waals surface area contributed by atoms with Crippen LogP contribution in [-0.4, -0.2) is 4.98 Å². The van der Waals surface area contributed by atoms with Gasteiger partial charge in [-0.3, -0.25) is 4.98 Å². The largest absolute Gasteiger partial charge is 0.261 e. The van der Waals surface area contributed by atoms with Crippen LogP contribution in [0.3, 0.4) is 0 Å². The van der Waals surface area contributed by atoms with E-state index in [4.69, 9.17) is 0 Å². The number of benzene rings is 1. The molecule has 0 saturated heterocycles. The molecule has 2 rings (SSSR count). The van der Waals surface area contributed by atoms with Crippen LogP contribution in [-0.2, 0) is 0 Å². The highest BCUT2D eigenvalue weighted by Crippen LogP contribution is 2.21. The van der Waals surface area contributed by atoms with E-state index in [2.05, 4.69) is 4.98 Å². The molecule has 14 heavy (non-hydrogen) atoms. The van der Waals surface area contributed by atoms with Crippen molar-refractivity contribution in [3.63, 3.8) is 0 Å². The molecule has 0 atom stereocenters. The highest BCUT2D eigenvalue weighted by Gasteiger charge is 2.04. The first-order valence-electron chi connectivity index (χ1n) is 4.45. The van der Waals surface area contributed by atoms with E-state index in [1.165, 1.54) is 6.07 Å². The van der Waals surface area contributed by atoms with Gasteiger partial charge in [0.15, 0.2) is 0 Å². The molecule has 1 aromatic heterocycles. The average molecular weight is 187 g/mol. The molecule has 0 fully saturated rings. The van der Waals surface area contributed by atoms with Crippen molar-refractivity contribution in [2.45, 2.75) is 6.92 Å². The first kappa shape index (κ1) is 8.88. The lowest BCUT2D eigenvalue weighted by Gasteiger charge is -2.02. The SMILES string of the molecule is Cc1cc(F)c(-c2ccccc2)cn1. The fraction of sp³-hybridized carbons (Fsp3) is 0.0833. The molecule has 2 aromatic rings. The van der Waals surface area contributed by atoms with Crippen molar-refractivity contribution in [3.05, 3.63) is 54.1 Å². The first-order chi connectivity index (χ1) is 6.77. The number of hydrogen-bond donors (Lipinski definition) is 0. The van der Waals surface area contributed by atoms with E-state index < -0.39 is 0 Å². The summed E-state index contributed by atoms with van der Waals surface area (Å²) in [4.78, 5) is 4.08. The Morgan fingerprint density at radius 2 is 1.86 bits per heavy atom. The number of hydrogen-bond acceptors (Lipinski definition) is 1. The number of aryl methyl sites for hydroxylation is 1. The Morgan fingerprint density at radius 3 is 2.50 bits per heavy atom. The van der Waals surface area contributed by atoms with Crippen LogP contribution in [0.5, 0.6) is 0 Å². The molecule has 0 bridgehead atoms. The summed E-state index contributed by atoms with van der Waals surface area (Å²) < 4.78 is 13.5. The Bertz CT molecular complexity index is 437. The Morgan fingerprint density at radius 1 is 1.14 bits per heavy atom. The highest BCUT2D eigenvalue weighted by atomic mass is 19.1. The number of aromatic nitrogens is 1. The van der Waals surface area contributed by atoms with E-state index in [-0.39, 0.29) is 5.82 Å². The molecule has 1 heterocycles. The predicted octanol–water partition coefficient (Wildman–Crippen LogP) is 3.20. The van der Waals surface area contributed by atoms with Gasteiger partial charge in [0, 0.05) is 17.5 Å². The van der Waals surface area contributed by atoms with E-state index in [1.54, 1.807) is 13.1 Å². The number of rotatable bonds is 1. The summed E-state index contributed by atoms with van der Waals surface area (Å²) >= 11 is 0. The van der Waals surface area contributed by atoms with Gasteiger partial charge in [-0.1, -0.05) is 30.3 Å². The second-order valence-electron chi connectivity index (χ2n) is 3.17. The molecule has 0 spiro atoms. The van der Waals surface area contributed by atoms with E-state index >= 15 is 0 Å². The van der Waals surface area contributed by atoms with E-state index in [9.17, 15) is 4.39 Å². The zero-order chi connectivity index (χ0) is 9.97. The van der Waals surface area contributed by atoms with Gasteiger partial charge < -0.3 is 0 Å². The van der Waals surface area contributed by atoms with Crippen LogP contribution in [0.1, 0.15) is 5.69 Å². The standard InChI is InChI=1S/C12H10FN/c1-9-7-12(13)11(8-14-9)10-5-3-2-4-6-10/h2-8H,1H3. The second kappa shape index (κ2) is 3.58. The van der Waals surface area contributed by atoms with E-state index in [1.807, 2.05) is 30.3 Å². The summed E-state index contributed by atoms with van der Waals surface area (Å²) in [5.74, 6) is -0.219. The van der Waals surface area contributed by atoms with Crippen molar-refractivity contribution in [2.75, 3.05) is 0 Å². The molecule has 70 valence electrons. The van der Waals surface area contributed by atoms with Gasteiger partial charge in [0.1, 0.15) is 5.82 Å². The molecule has 0 radical (unpaired) electrons. The Kier molecular flexibility index (Phi) is 2.27. The lowest BCUT2D eigenvalue weighted by Crippen LogP contribution is -1.88. The molecule has 0 aliphatic carbocycles. The van der Waals surface area contributed by atoms with Crippen LogP contribution in [0, 0.1) is 12.7 Å². The van der Waals surface area contributed by atoms with Gasteiger partial charge in [0.25, 0.3) is 0 Å². The fourth-order valence-corrected chi connectivity index (χ4v) is 1.36. The third-order valence-electron chi connectivity index (χ3n) is 2.07. The number of pyridine rings is 1. The zero-order valence-corrected chi connectivity index (χ0v) is 7.87. The van der Waals surface area contributed by atoms with Gasteiger partial charge in [-0.25, -0.2) is 4.39 Å². The minimum atomic E-state index is -0.219. The number of halogens is 1. The monoisotopic (exact) mass is 187 g/mol. The Hall–Kier alpha value is -1.70. The molecule has 0 aliphatic rings. The summed E-state index contributed by atoms with van der Waals surface area (Å²) in [5.41, 5.74) is 2.11. The van der Waals surface area contributed by atoms with Crippen molar-refractivity contribution in [3.8, 4) is 11.1 Å². The molecule has 1 nitrogen and oxygen atoms in total. The lowest BCUT2D eigenvalue weighted by molar-refractivity contribution is 0.627. The van der Waals surface area contributed by atoms with Crippen molar-refractivity contribution in [1.82, 2.24) is 4.98 Å². The van der Waals surface area contributed by atoms with Crippen LogP contribution < -0.4 is 0 Å². The maximum absolute atomic E-state index is 13.5. The molecule has 1 aromatic carbocycles. The van der Waals surface area contributed by atoms with Gasteiger partial charge >= 0.3 is 0 Å². The van der Waals surface area contributed by atoms with Crippen LogP contribution in [0.4, 0.5) is 4.39 Å². The van der Waals surface area contributed by atoms with Crippen molar-refractivity contribution in [1.29, 1.82) is 0 Å². The lowest BCUT2D eigenvalue weighted by atomic mass is 10.1. The van der Waals surface area contributed by atoms with Crippen LogP contribution in [0.25, 0.3) is 11.1 Å². The smallest absolute Gasteiger partial charge is 0.134 e. The summed E-state index contributed by atoms with van der Waals surface area (Å²) in [7, 11) is 0. The minimum Gasteiger partial charge on any atom is -0.261 e. The van der Waals surface area contributed by atoms with Crippen molar-refractivity contribution < 1.29 is 4.39 Å². The van der Waals surface area contributed by atoms with Gasteiger partial charge in [0.2, 0.25) is 0 Å². The quantitative estimate of drug-likeness (QED) is 0.668. The van der Waals surface area contributed by atoms with Gasteiger partial charge in [0.05, 0.1) is 0 Å². The predicted molar refractivity (Wildman–Crippen MR) is 54.4 cm³/mol. The third kappa shape index (κ3) is 1.64. The first-order valence-corrected chi connectivity index (χ1v) is 4.45. The topological polar surface area (TPSA) is 12.9 Å². The maximum Gasteiger partial charge on any atom is 0.134 e. The molecule has 0 saturated carbocycles. The second-order valence-corrected chi connectivity index (χ2v) is 3.17. The highest BCUT2D eigenvalue weighted by molar-refractivity contribution is 5.62. The van der Waals surface area contributed by atoms with E-state index in [0.717, 1.165) is 5.56 Å². The van der Waals surface area contributed by atoms with Gasteiger partial charge in [-0.15, -0.1) is 0 Å². The minimum absolute atomic E-state index is 0.219. The third-order valence-corrected chi connectivity index (χ3v) is 2.07. The summed E-state index contributed by atoms with van der Waals surface area (Å²) in [6.07, 6.45) is 1.57. The molecular formula is C12H10FN. The van der Waals surface area contributed by atoms with Crippen LogP contribution in [0.2, 0.25) is 0 Å². The van der Waals surface area contributed by atoms with Gasteiger partial charge in [-0.2, -0.15) is 0 Å². The molecule has 0 amide bonds.